The number of ether oxygens (including phenoxy) is 1. The molecule has 1 saturated heterocycles. The molecule has 1 N–H and O–H groups in total. The predicted molar refractivity (Wildman–Crippen MR) is 167 cm³/mol. The number of amides is 2. The van der Waals surface area contributed by atoms with Gasteiger partial charge in [-0.2, -0.15) is 0 Å². The van der Waals surface area contributed by atoms with Crippen molar-refractivity contribution in [1.82, 2.24) is 9.80 Å². The summed E-state index contributed by atoms with van der Waals surface area (Å²) >= 11 is 1.59. The summed E-state index contributed by atoms with van der Waals surface area (Å²) < 4.78 is 5.57. The molecule has 0 spiro atoms. The van der Waals surface area contributed by atoms with Gasteiger partial charge in [-0.25, -0.2) is 9.59 Å². The standard InChI is InChI=1S/C34H42N2O5S/c1-5-6-7-8-29-17-18-30(42-29)31(37)36(28-19-21-35(22-20-28)33(40)41-34(2,3)4)23-24-9-11-25(12-10-24)26-13-15-27(16-14-26)32(38)39/h9-18,28H,5-8,19-23H2,1-4H3,(H,38,39). The topological polar surface area (TPSA) is 87.2 Å². The fraction of sp³-hybridized carbons (Fsp3) is 0.441. The molecule has 0 bridgehead atoms. The van der Waals surface area contributed by atoms with E-state index in [-0.39, 0.29) is 23.6 Å². The van der Waals surface area contributed by atoms with Gasteiger partial charge in [0.15, 0.2) is 0 Å². The van der Waals surface area contributed by atoms with Gasteiger partial charge in [-0.05, 0) is 87.4 Å². The number of nitrogens with zero attached hydrogens (tertiary/aromatic N) is 2. The number of likely N-dealkylation sites (tertiary alicyclic amines) is 1. The van der Waals surface area contributed by atoms with Crippen LogP contribution in [0.25, 0.3) is 11.1 Å². The third-order valence-corrected chi connectivity index (χ3v) is 8.62. The van der Waals surface area contributed by atoms with E-state index >= 15 is 0 Å². The van der Waals surface area contributed by atoms with E-state index in [1.165, 1.54) is 17.7 Å². The van der Waals surface area contributed by atoms with Crippen LogP contribution in [0.2, 0.25) is 0 Å². The number of piperidine rings is 1. The highest BCUT2D eigenvalue weighted by Crippen LogP contribution is 2.28. The molecular weight excluding hydrogens is 548 g/mol. The van der Waals surface area contributed by atoms with Gasteiger partial charge in [-0.3, -0.25) is 4.79 Å². The molecule has 2 amide bonds. The fourth-order valence-corrected chi connectivity index (χ4v) is 6.18. The number of carbonyl (C=O) groups excluding carboxylic acids is 2. The normalized spacial score (nSPS) is 14.0. The molecule has 4 rings (SSSR count). The van der Waals surface area contributed by atoms with Crippen molar-refractivity contribution < 1.29 is 24.2 Å². The van der Waals surface area contributed by atoms with Gasteiger partial charge >= 0.3 is 12.1 Å². The van der Waals surface area contributed by atoms with Gasteiger partial charge in [0.2, 0.25) is 0 Å². The van der Waals surface area contributed by atoms with Crippen molar-refractivity contribution in [3.05, 3.63) is 81.5 Å². The molecule has 7 nitrogen and oxygen atoms in total. The predicted octanol–water partition coefficient (Wildman–Crippen LogP) is 7.89. The number of carboxylic acids is 1. The molecule has 1 aliphatic rings. The molecule has 0 atom stereocenters. The first-order chi connectivity index (χ1) is 20.0. The number of aryl methyl sites for hydroxylation is 1. The third kappa shape index (κ3) is 8.44. The lowest BCUT2D eigenvalue weighted by atomic mass is 10.00. The maximum atomic E-state index is 14.0. The lowest BCUT2D eigenvalue weighted by molar-refractivity contribution is 0.0142. The second-order valence-corrected chi connectivity index (χ2v) is 13.1. The van der Waals surface area contributed by atoms with Crippen molar-refractivity contribution in [3.63, 3.8) is 0 Å². The highest BCUT2D eigenvalue weighted by atomic mass is 32.1. The zero-order valence-corrected chi connectivity index (χ0v) is 25.9. The first-order valence-electron chi connectivity index (χ1n) is 14.8. The van der Waals surface area contributed by atoms with Gasteiger partial charge in [0.05, 0.1) is 10.4 Å². The fourth-order valence-electron chi connectivity index (χ4n) is 5.18. The van der Waals surface area contributed by atoms with E-state index in [1.807, 2.05) is 68.1 Å². The van der Waals surface area contributed by atoms with Crippen molar-refractivity contribution in [3.8, 4) is 11.1 Å². The zero-order valence-electron chi connectivity index (χ0n) is 25.1. The van der Waals surface area contributed by atoms with E-state index in [0.29, 0.717) is 32.5 Å². The van der Waals surface area contributed by atoms with E-state index in [0.717, 1.165) is 34.4 Å². The van der Waals surface area contributed by atoms with Crippen LogP contribution in [0.3, 0.4) is 0 Å². The number of carboxylic acid groups (broad SMARTS) is 1. The molecular formula is C34H42N2O5S. The van der Waals surface area contributed by atoms with Gasteiger partial charge in [-0.15, -0.1) is 11.3 Å². The Morgan fingerprint density at radius 3 is 2.12 bits per heavy atom. The SMILES string of the molecule is CCCCCc1ccc(C(=O)N(Cc2ccc(-c3ccc(C(=O)O)cc3)cc2)C2CCN(C(=O)OC(C)(C)C)CC2)s1. The highest BCUT2D eigenvalue weighted by molar-refractivity contribution is 7.14. The van der Waals surface area contributed by atoms with E-state index in [9.17, 15) is 19.5 Å². The molecule has 0 unspecified atom stereocenters. The van der Waals surface area contributed by atoms with E-state index in [2.05, 4.69) is 13.0 Å². The molecule has 0 radical (unpaired) electrons. The van der Waals surface area contributed by atoms with Crippen molar-refractivity contribution in [2.75, 3.05) is 13.1 Å². The number of hydrogen-bond donors (Lipinski definition) is 1. The molecule has 8 heteroatoms. The Hall–Kier alpha value is -3.65. The Kier molecular flexibility index (Phi) is 10.4. The Labute approximate surface area is 253 Å². The van der Waals surface area contributed by atoms with E-state index in [1.54, 1.807) is 28.4 Å². The Morgan fingerprint density at radius 1 is 0.929 bits per heavy atom. The number of carbonyl (C=O) groups is 3. The summed E-state index contributed by atoms with van der Waals surface area (Å²) in [5.74, 6) is -0.914. The first kappa shape index (κ1) is 31.3. The van der Waals surface area contributed by atoms with Crippen LogP contribution >= 0.6 is 11.3 Å². The lowest BCUT2D eigenvalue weighted by Crippen LogP contribution is -2.49. The monoisotopic (exact) mass is 590 g/mol. The summed E-state index contributed by atoms with van der Waals surface area (Å²) in [6, 6.07) is 18.9. The number of rotatable bonds is 10. The third-order valence-electron chi connectivity index (χ3n) is 7.49. The van der Waals surface area contributed by atoms with Gasteiger partial charge in [0.1, 0.15) is 5.60 Å². The number of hydrogen-bond acceptors (Lipinski definition) is 5. The average molecular weight is 591 g/mol. The van der Waals surface area contributed by atoms with Crippen LogP contribution in [-0.2, 0) is 17.7 Å². The van der Waals surface area contributed by atoms with Gasteiger partial charge < -0.3 is 19.6 Å². The van der Waals surface area contributed by atoms with Crippen molar-refractivity contribution in [2.24, 2.45) is 0 Å². The van der Waals surface area contributed by atoms with Crippen LogP contribution < -0.4 is 0 Å². The number of unbranched alkanes of at least 4 members (excludes halogenated alkanes) is 2. The molecule has 1 fully saturated rings. The first-order valence-corrected chi connectivity index (χ1v) is 15.7. The van der Waals surface area contributed by atoms with Crippen molar-refractivity contribution in [2.45, 2.75) is 84.4 Å². The van der Waals surface area contributed by atoms with Gasteiger partial charge in [0, 0.05) is 30.6 Å². The summed E-state index contributed by atoms with van der Waals surface area (Å²) in [6.07, 6.45) is 5.54. The summed E-state index contributed by atoms with van der Waals surface area (Å²) in [5.41, 5.74) is 2.64. The number of thiophene rings is 1. The smallest absolute Gasteiger partial charge is 0.410 e. The highest BCUT2D eigenvalue weighted by Gasteiger charge is 2.32. The minimum atomic E-state index is -0.947. The minimum Gasteiger partial charge on any atom is -0.478 e. The molecule has 3 aromatic rings. The maximum Gasteiger partial charge on any atom is 0.410 e. The number of benzene rings is 2. The van der Waals surface area contributed by atoms with Crippen LogP contribution in [0.1, 0.15) is 90.3 Å². The Bertz CT molecular complexity index is 1350. The van der Waals surface area contributed by atoms with Crippen LogP contribution in [0.5, 0.6) is 0 Å². The van der Waals surface area contributed by atoms with Gasteiger partial charge in [0.25, 0.3) is 5.91 Å². The molecule has 0 saturated carbocycles. The maximum absolute atomic E-state index is 14.0. The summed E-state index contributed by atoms with van der Waals surface area (Å²) in [7, 11) is 0. The van der Waals surface area contributed by atoms with E-state index < -0.39 is 11.6 Å². The largest absolute Gasteiger partial charge is 0.478 e. The second kappa shape index (κ2) is 14.0. The quantitative estimate of drug-likeness (QED) is 0.243. The molecule has 1 aliphatic heterocycles. The Morgan fingerprint density at radius 2 is 1.55 bits per heavy atom. The van der Waals surface area contributed by atoms with Crippen LogP contribution in [0.15, 0.2) is 60.7 Å². The Balaban J connectivity index is 1.50. The summed E-state index contributed by atoms with van der Waals surface area (Å²) in [6.45, 7) is 9.35. The van der Waals surface area contributed by atoms with Crippen LogP contribution in [0, 0.1) is 0 Å². The van der Waals surface area contributed by atoms with Gasteiger partial charge in [-0.1, -0.05) is 56.2 Å². The lowest BCUT2D eigenvalue weighted by Gasteiger charge is -2.39. The number of aromatic carboxylic acids is 1. The summed E-state index contributed by atoms with van der Waals surface area (Å²) in [4.78, 5) is 43.5. The minimum absolute atomic E-state index is 0.00469. The molecule has 0 aliphatic carbocycles. The average Bonchev–Trinajstić information content (AvgIpc) is 3.44. The molecule has 2 heterocycles. The molecule has 224 valence electrons. The molecule has 1 aromatic heterocycles. The molecule has 42 heavy (non-hydrogen) atoms. The van der Waals surface area contributed by atoms with Crippen molar-refractivity contribution in [1.29, 1.82) is 0 Å². The summed E-state index contributed by atoms with van der Waals surface area (Å²) in [5, 5.41) is 9.18. The van der Waals surface area contributed by atoms with Crippen molar-refractivity contribution >= 4 is 29.3 Å². The van der Waals surface area contributed by atoms with Crippen LogP contribution in [0.4, 0.5) is 4.79 Å². The second-order valence-electron chi connectivity index (χ2n) is 11.9. The zero-order chi connectivity index (χ0) is 30.3. The molecule has 2 aromatic carbocycles. The van der Waals surface area contributed by atoms with Crippen LogP contribution in [-0.4, -0.2) is 57.6 Å². The van der Waals surface area contributed by atoms with E-state index in [4.69, 9.17) is 4.74 Å².